The molecule has 1 aliphatic carbocycles. The summed E-state index contributed by atoms with van der Waals surface area (Å²) in [6.07, 6.45) is -0.803. The lowest BCUT2D eigenvalue weighted by atomic mass is 10.00. The highest BCUT2D eigenvalue weighted by molar-refractivity contribution is 5.69. The van der Waals surface area contributed by atoms with Gasteiger partial charge in [0.05, 0.1) is 12.3 Å². The van der Waals surface area contributed by atoms with Gasteiger partial charge in [-0.1, -0.05) is 0 Å². The SMILES string of the molecule is CCOc1ccc(F)cc1-c1cc(C(F)(F)F)c(NC2C[C@@H]3CN(CC4CCOCC4)C[C@@H]3C2)nn1. The fourth-order valence-corrected chi connectivity index (χ4v) is 5.98. The van der Waals surface area contributed by atoms with E-state index in [1.165, 1.54) is 12.1 Å². The fraction of sp³-hybridized carbons (Fsp3) is 0.615. The molecule has 5 rings (SSSR count). The Bertz CT molecular complexity index is 1050. The van der Waals surface area contributed by atoms with Gasteiger partial charge in [0.15, 0.2) is 5.82 Å². The molecule has 1 aromatic carbocycles. The van der Waals surface area contributed by atoms with Gasteiger partial charge in [-0.15, -0.1) is 10.2 Å². The Morgan fingerprint density at radius 2 is 1.81 bits per heavy atom. The number of nitrogens with zero attached hydrogens (tertiary/aromatic N) is 3. The average molecular weight is 509 g/mol. The van der Waals surface area contributed by atoms with Gasteiger partial charge in [0.25, 0.3) is 0 Å². The number of nitrogens with one attached hydrogen (secondary N) is 1. The van der Waals surface area contributed by atoms with Crippen molar-refractivity contribution in [2.75, 3.05) is 44.8 Å². The minimum atomic E-state index is -4.64. The van der Waals surface area contributed by atoms with Crippen molar-refractivity contribution >= 4 is 5.82 Å². The van der Waals surface area contributed by atoms with Gasteiger partial charge in [0.1, 0.15) is 17.1 Å². The Kier molecular flexibility index (Phi) is 7.35. The molecule has 2 aromatic rings. The lowest BCUT2D eigenvalue weighted by molar-refractivity contribution is -0.137. The summed E-state index contributed by atoms with van der Waals surface area (Å²) in [5.74, 6) is 1.03. The maximum Gasteiger partial charge on any atom is 0.420 e. The normalized spacial score (nSPS) is 25.2. The number of alkyl halides is 3. The van der Waals surface area contributed by atoms with E-state index in [1.807, 2.05) is 0 Å². The lowest BCUT2D eigenvalue weighted by Crippen LogP contribution is -2.32. The minimum absolute atomic E-state index is 0.0807. The molecule has 1 N–H and O–H groups in total. The zero-order chi connectivity index (χ0) is 25.3. The molecule has 2 saturated heterocycles. The van der Waals surface area contributed by atoms with E-state index in [1.54, 1.807) is 6.92 Å². The molecule has 6 nitrogen and oxygen atoms in total. The Morgan fingerprint density at radius 1 is 1.08 bits per heavy atom. The number of benzene rings is 1. The third kappa shape index (κ3) is 5.59. The minimum Gasteiger partial charge on any atom is -0.493 e. The van der Waals surface area contributed by atoms with Crippen molar-refractivity contribution in [3.05, 3.63) is 35.6 Å². The molecule has 36 heavy (non-hydrogen) atoms. The van der Waals surface area contributed by atoms with Crippen molar-refractivity contribution in [2.45, 2.75) is 44.8 Å². The van der Waals surface area contributed by atoms with Crippen molar-refractivity contribution in [3.63, 3.8) is 0 Å². The number of hydrogen-bond donors (Lipinski definition) is 1. The van der Waals surface area contributed by atoms with Gasteiger partial charge in [0, 0.05) is 44.5 Å². The van der Waals surface area contributed by atoms with Gasteiger partial charge in [-0.05, 0) is 74.6 Å². The molecular weight excluding hydrogens is 476 g/mol. The summed E-state index contributed by atoms with van der Waals surface area (Å²) in [4.78, 5) is 2.52. The van der Waals surface area contributed by atoms with Gasteiger partial charge in [-0.25, -0.2) is 4.39 Å². The third-order valence-electron chi connectivity index (χ3n) is 7.64. The number of rotatable bonds is 7. The number of aromatic nitrogens is 2. The summed E-state index contributed by atoms with van der Waals surface area (Å²) in [6.45, 7) is 6.79. The predicted molar refractivity (Wildman–Crippen MR) is 127 cm³/mol. The molecule has 2 aliphatic heterocycles. The first kappa shape index (κ1) is 25.2. The van der Waals surface area contributed by atoms with Crippen LogP contribution in [0.4, 0.5) is 23.4 Å². The van der Waals surface area contributed by atoms with Crippen LogP contribution in [0.1, 0.15) is 38.2 Å². The molecule has 3 atom stereocenters. The van der Waals surface area contributed by atoms with Crippen LogP contribution in [0.5, 0.6) is 5.75 Å². The van der Waals surface area contributed by atoms with E-state index in [4.69, 9.17) is 9.47 Å². The van der Waals surface area contributed by atoms with Crippen molar-refractivity contribution < 1.29 is 27.0 Å². The molecule has 1 saturated carbocycles. The Morgan fingerprint density at radius 3 is 2.47 bits per heavy atom. The smallest absolute Gasteiger partial charge is 0.420 e. The van der Waals surface area contributed by atoms with Crippen LogP contribution in [0.3, 0.4) is 0 Å². The first-order valence-electron chi connectivity index (χ1n) is 12.7. The first-order chi connectivity index (χ1) is 17.3. The highest BCUT2D eigenvalue weighted by Crippen LogP contribution is 2.42. The summed E-state index contributed by atoms with van der Waals surface area (Å²) < 4.78 is 66.9. The van der Waals surface area contributed by atoms with Gasteiger partial charge < -0.3 is 19.7 Å². The number of hydrogen-bond acceptors (Lipinski definition) is 6. The van der Waals surface area contributed by atoms with Crippen LogP contribution in [0, 0.1) is 23.6 Å². The molecule has 0 bridgehead atoms. The summed E-state index contributed by atoms with van der Waals surface area (Å²) in [6, 6.07) is 4.55. The Balaban J connectivity index is 1.28. The molecule has 10 heteroatoms. The van der Waals surface area contributed by atoms with Crippen LogP contribution in [-0.2, 0) is 10.9 Å². The molecule has 3 aliphatic rings. The van der Waals surface area contributed by atoms with Gasteiger partial charge in [-0.2, -0.15) is 13.2 Å². The standard InChI is InChI=1S/C26H32F4N4O2/c1-2-36-24-4-3-19(27)11-21(24)23-12-22(26(28,29)30)25(33-32-23)31-20-9-17-14-34(15-18(17)10-20)13-16-5-7-35-8-6-16/h3-4,11-12,16-18,20H,2,5-10,13-15H2,1H3,(H,31,33)/t17-,18+,20?. The number of ether oxygens (including phenoxy) is 2. The third-order valence-corrected chi connectivity index (χ3v) is 7.64. The van der Waals surface area contributed by atoms with Gasteiger partial charge in [-0.3, -0.25) is 0 Å². The number of halogens is 4. The van der Waals surface area contributed by atoms with Crippen LogP contribution in [0.15, 0.2) is 24.3 Å². The average Bonchev–Trinajstić information content (AvgIpc) is 3.38. The molecule has 196 valence electrons. The molecule has 3 fully saturated rings. The van der Waals surface area contributed by atoms with Crippen LogP contribution >= 0.6 is 0 Å². The van der Waals surface area contributed by atoms with E-state index >= 15 is 0 Å². The van der Waals surface area contributed by atoms with Gasteiger partial charge in [0.2, 0.25) is 0 Å². The molecule has 1 aromatic heterocycles. The summed E-state index contributed by atoms with van der Waals surface area (Å²) in [5, 5.41) is 11.0. The van der Waals surface area contributed by atoms with Crippen molar-refractivity contribution in [1.82, 2.24) is 15.1 Å². The maximum absolute atomic E-state index is 14.0. The van der Waals surface area contributed by atoms with Crippen LogP contribution < -0.4 is 10.1 Å². The highest BCUT2D eigenvalue weighted by Gasteiger charge is 2.43. The van der Waals surface area contributed by atoms with Crippen molar-refractivity contribution in [3.8, 4) is 17.0 Å². The molecule has 3 heterocycles. The van der Waals surface area contributed by atoms with Gasteiger partial charge >= 0.3 is 6.18 Å². The van der Waals surface area contributed by atoms with Crippen molar-refractivity contribution in [2.24, 2.45) is 17.8 Å². The van der Waals surface area contributed by atoms with E-state index in [2.05, 4.69) is 20.4 Å². The summed E-state index contributed by atoms with van der Waals surface area (Å²) >= 11 is 0. The predicted octanol–water partition coefficient (Wildman–Crippen LogP) is 5.25. The molecule has 1 unspecified atom stereocenters. The molecule has 0 amide bonds. The van der Waals surface area contributed by atoms with E-state index in [-0.39, 0.29) is 35.5 Å². The van der Waals surface area contributed by atoms with E-state index in [0.717, 1.165) is 70.7 Å². The van der Waals surface area contributed by atoms with Crippen LogP contribution in [-0.4, -0.2) is 60.6 Å². The molecule has 0 spiro atoms. The summed E-state index contributed by atoms with van der Waals surface area (Å²) in [7, 11) is 0. The second kappa shape index (κ2) is 10.5. The largest absolute Gasteiger partial charge is 0.493 e. The topological polar surface area (TPSA) is 59.5 Å². The molecule has 0 radical (unpaired) electrons. The number of anilines is 1. The van der Waals surface area contributed by atoms with E-state index < -0.39 is 17.6 Å². The monoisotopic (exact) mass is 508 g/mol. The zero-order valence-electron chi connectivity index (χ0n) is 20.4. The second-order valence-corrected chi connectivity index (χ2v) is 10.2. The fourth-order valence-electron chi connectivity index (χ4n) is 5.98. The summed E-state index contributed by atoms with van der Waals surface area (Å²) in [5.41, 5.74) is -0.846. The zero-order valence-corrected chi connectivity index (χ0v) is 20.4. The quantitative estimate of drug-likeness (QED) is 0.516. The second-order valence-electron chi connectivity index (χ2n) is 10.2. The lowest BCUT2D eigenvalue weighted by Gasteiger charge is -2.28. The Hall–Kier alpha value is -2.46. The maximum atomic E-state index is 14.0. The first-order valence-corrected chi connectivity index (χ1v) is 12.7. The van der Waals surface area contributed by atoms with Crippen molar-refractivity contribution in [1.29, 1.82) is 0 Å². The number of likely N-dealkylation sites (tertiary alicyclic amines) is 1. The van der Waals surface area contributed by atoms with E-state index in [0.29, 0.717) is 17.8 Å². The van der Waals surface area contributed by atoms with Crippen LogP contribution in [0.25, 0.3) is 11.3 Å². The number of fused-ring (bicyclic) bond motifs is 1. The Labute approximate surface area is 208 Å². The molecular formula is C26H32F4N4O2. The van der Waals surface area contributed by atoms with E-state index in [9.17, 15) is 17.6 Å². The highest BCUT2D eigenvalue weighted by atomic mass is 19.4. The van der Waals surface area contributed by atoms with Crippen LogP contribution in [0.2, 0.25) is 0 Å².